The molecule has 5 nitrogen and oxygen atoms in total. The molecule has 1 saturated carbocycles. The maximum absolute atomic E-state index is 13.8. The number of rotatable bonds is 8. The predicted molar refractivity (Wildman–Crippen MR) is 93.2 cm³/mol. The summed E-state index contributed by atoms with van der Waals surface area (Å²) in [6.07, 6.45) is 0.180. The highest BCUT2D eigenvalue weighted by Crippen LogP contribution is 2.48. The number of halogens is 2. The van der Waals surface area contributed by atoms with Crippen molar-refractivity contribution >= 4 is 11.9 Å². The highest BCUT2D eigenvalue weighted by atomic mass is 19.1. The van der Waals surface area contributed by atoms with Crippen molar-refractivity contribution in [3.8, 4) is 5.75 Å². The summed E-state index contributed by atoms with van der Waals surface area (Å²) in [5, 5.41) is 11.9. The summed E-state index contributed by atoms with van der Waals surface area (Å²) in [6, 6.07) is 11.2. The Labute approximate surface area is 155 Å². The van der Waals surface area contributed by atoms with Crippen molar-refractivity contribution in [3.05, 3.63) is 65.7 Å². The molecule has 0 saturated heterocycles. The van der Waals surface area contributed by atoms with E-state index in [1.807, 2.05) is 0 Å². The maximum atomic E-state index is 13.8. The zero-order valence-corrected chi connectivity index (χ0v) is 14.5. The molecule has 1 aliphatic rings. The first kappa shape index (κ1) is 18.8. The number of carbonyl (C=O) groups excluding carboxylic acids is 1. The summed E-state index contributed by atoms with van der Waals surface area (Å²) < 4.78 is 32.1. The molecule has 0 heterocycles. The highest BCUT2D eigenvalue weighted by Gasteiger charge is 2.50. The Hall–Kier alpha value is -2.96. The predicted octanol–water partition coefficient (Wildman–Crippen LogP) is 2.94. The van der Waals surface area contributed by atoms with Crippen LogP contribution in [0.2, 0.25) is 0 Å². The van der Waals surface area contributed by atoms with Crippen molar-refractivity contribution < 1.29 is 28.2 Å². The van der Waals surface area contributed by atoms with E-state index in [9.17, 15) is 23.5 Å². The molecular formula is C20H19F2NO4. The fourth-order valence-electron chi connectivity index (χ4n) is 2.87. The third-order valence-electron chi connectivity index (χ3n) is 4.64. The molecule has 0 aromatic heterocycles. The Morgan fingerprint density at radius 1 is 1.11 bits per heavy atom. The Balaban J connectivity index is 1.60. The zero-order valence-electron chi connectivity index (χ0n) is 14.5. The van der Waals surface area contributed by atoms with E-state index in [-0.39, 0.29) is 30.4 Å². The third-order valence-corrected chi connectivity index (χ3v) is 4.64. The van der Waals surface area contributed by atoms with Gasteiger partial charge in [0.25, 0.3) is 0 Å². The van der Waals surface area contributed by atoms with Gasteiger partial charge < -0.3 is 15.2 Å². The molecule has 2 aromatic rings. The summed E-state index contributed by atoms with van der Waals surface area (Å²) in [4.78, 5) is 23.9. The summed E-state index contributed by atoms with van der Waals surface area (Å²) in [5.41, 5.74) is -0.247. The molecule has 2 aromatic carbocycles. The number of hydrogen-bond donors (Lipinski definition) is 2. The van der Waals surface area contributed by atoms with Crippen molar-refractivity contribution in [2.45, 2.75) is 25.4 Å². The lowest BCUT2D eigenvalue weighted by Gasteiger charge is -2.19. The minimum absolute atomic E-state index is 0.186. The minimum Gasteiger partial charge on any atom is -0.478 e. The number of ether oxygens (including phenoxy) is 1. The fourth-order valence-corrected chi connectivity index (χ4v) is 2.87. The van der Waals surface area contributed by atoms with Crippen LogP contribution >= 0.6 is 0 Å². The average Bonchev–Trinajstić information content (AvgIpc) is 3.42. The minimum atomic E-state index is -1.32. The molecule has 0 aliphatic heterocycles. The van der Waals surface area contributed by atoms with Gasteiger partial charge in [-0.25, -0.2) is 13.6 Å². The van der Waals surface area contributed by atoms with Crippen LogP contribution in [0.15, 0.2) is 48.5 Å². The molecule has 0 radical (unpaired) electrons. The van der Waals surface area contributed by atoms with E-state index in [1.54, 1.807) is 18.2 Å². The van der Waals surface area contributed by atoms with Crippen molar-refractivity contribution in [3.63, 3.8) is 0 Å². The molecule has 1 aliphatic carbocycles. The van der Waals surface area contributed by atoms with Gasteiger partial charge in [-0.1, -0.05) is 18.2 Å². The normalized spacial score (nSPS) is 15.6. The monoisotopic (exact) mass is 375 g/mol. The van der Waals surface area contributed by atoms with Crippen LogP contribution in [0.25, 0.3) is 0 Å². The van der Waals surface area contributed by atoms with Crippen LogP contribution in [-0.4, -0.2) is 29.6 Å². The summed E-state index contributed by atoms with van der Waals surface area (Å²) in [7, 11) is 0. The summed E-state index contributed by atoms with van der Waals surface area (Å²) in [5.74, 6) is -2.21. The van der Waals surface area contributed by atoms with Gasteiger partial charge in [0.2, 0.25) is 12.0 Å². The first-order valence-electron chi connectivity index (χ1n) is 8.56. The first-order valence-corrected chi connectivity index (χ1v) is 8.56. The van der Waals surface area contributed by atoms with Gasteiger partial charge in [0, 0.05) is 0 Å². The second-order valence-corrected chi connectivity index (χ2v) is 6.66. The maximum Gasteiger partial charge on any atom is 0.346 e. The Bertz CT molecular complexity index is 834. The lowest BCUT2D eigenvalue weighted by atomic mass is 9.95. The number of benzene rings is 2. The standard InChI is InChI=1S/C20H19F2NO4/c21-14-5-7-15(8-6-14)27-17(18(24)25)12-23-19(26)20(9-10-20)11-13-3-1-2-4-16(13)22/h1-8,17H,9-12H2,(H,23,26)(H,24,25). The number of amides is 1. The van der Waals surface area contributed by atoms with E-state index in [2.05, 4.69) is 5.32 Å². The number of carboxylic acid groups (broad SMARTS) is 1. The Kier molecular flexibility index (Phi) is 5.39. The average molecular weight is 375 g/mol. The summed E-state index contributed by atoms with van der Waals surface area (Å²) in [6.45, 7) is -0.245. The van der Waals surface area contributed by atoms with Crippen LogP contribution in [0.4, 0.5) is 8.78 Å². The largest absolute Gasteiger partial charge is 0.478 e. The van der Waals surface area contributed by atoms with E-state index < -0.39 is 23.3 Å². The first-order chi connectivity index (χ1) is 12.9. The van der Waals surface area contributed by atoms with Crippen LogP contribution in [0.1, 0.15) is 18.4 Å². The smallest absolute Gasteiger partial charge is 0.346 e. The molecule has 0 bridgehead atoms. The molecule has 27 heavy (non-hydrogen) atoms. The van der Waals surface area contributed by atoms with E-state index in [1.165, 1.54) is 18.2 Å². The van der Waals surface area contributed by atoms with Crippen LogP contribution < -0.4 is 10.1 Å². The molecular weight excluding hydrogens is 356 g/mol. The Morgan fingerprint density at radius 3 is 2.37 bits per heavy atom. The van der Waals surface area contributed by atoms with Gasteiger partial charge in [0.1, 0.15) is 17.4 Å². The van der Waals surface area contributed by atoms with Gasteiger partial charge in [-0.3, -0.25) is 4.79 Å². The number of carboxylic acids is 1. The molecule has 0 spiro atoms. The van der Waals surface area contributed by atoms with Crippen molar-refractivity contribution in [2.75, 3.05) is 6.54 Å². The topological polar surface area (TPSA) is 75.6 Å². The summed E-state index contributed by atoms with van der Waals surface area (Å²) >= 11 is 0. The van der Waals surface area contributed by atoms with Crippen molar-refractivity contribution in [1.29, 1.82) is 0 Å². The van der Waals surface area contributed by atoms with E-state index in [4.69, 9.17) is 4.74 Å². The van der Waals surface area contributed by atoms with Gasteiger partial charge in [-0.15, -0.1) is 0 Å². The number of carbonyl (C=O) groups is 2. The van der Waals surface area contributed by atoms with E-state index in [0.717, 1.165) is 12.1 Å². The van der Waals surface area contributed by atoms with Crippen LogP contribution in [0.3, 0.4) is 0 Å². The van der Waals surface area contributed by atoms with E-state index in [0.29, 0.717) is 18.4 Å². The second kappa shape index (κ2) is 7.73. The zero-order chi connectivity index (χ0) is 19.4. The quantitative estimate of drug-likeness (QED) is 0.744. The molecule has 1 atom stereocenters. The number of hydrogen-bond acceptors (Lipinski definition) is 3. The highest BCUT2D eigenvalue weighted by molar-refractivity contribution is 5.86. The lowest BCUT2D eigenvalue weighted by Crippen LogP contribution is -2.43. The molecule has 1 unspecified atom stereocenters. The second-order valence-electron chi connectivity index (χ2n) is 6.66. The molecule has 1 amide bonds. The van der Waals surface area contributed by atoms with Crippen LogP contribution in [-0.2, 0) is 16.0 Å². The van der Waals surface area contributed by atoms with Gasteiger partial charge >= 0.3 is 5.97 Å². The van der Waals surface area contributed by atoms with Gasteiger partial charge in [-0.2, -0.15) is 0 Å². The third kappa shape index (κ3) is 4.61. The van der Waals surface area contributed by atoms with Crippen LogP contribution in [0.5, 0.6) is 5.75 Å². The van der Waals surface area contributed by atoms with E-state index >= 15 is 0 Å². The SMILES string of the molecule is O=C(O)C(CNC(=O)C1(Cc2ccccc2F)CC1)Oc1ccc(F)cc1. The molecule has 7 heteroatoms. The number of aliphatic carboxylic acids is 1. The molecule has 3 rings (SSSR count). The van der Waals surface area contributed by atoms with Crippen molar-refractivity contribution in [1.82, 2.24) is 5.32 Å². The van der Waals surface area contributed by atoms with Gasteiger partial charge in [-0.05, 0) is 55.2 Å². The van der Waals surface area contributed by atoms with Crippen LogP contribution in [0, 0.1) is 17.0 Å². The molecule has 2 N–H and O–H groups in total. The number of nitrogens with one attached hydrogen (secondary N) is 1. The van der Waals surface area contributed by atoms with Crippen molar-refractivity contribution in [2.24, 2.45) is 5.41 Å². The van der Waals surface area contributed by atoms with Gasteiger partial charge in [0.05, 0.1) is 12.0 Å². The Morgan fingerprint density at radius 2 is 1.78 bits per heavy atom. The van der Waals surface area contributed by atoms with Gasteiger partial charge in [0.15, 0.2) is 0 Å². The molecule has 1 fully saturated rings. The molecule has 142 valence electrons. The lowest BCUT2D eigenvalue weighted by molar-refractivity contribution is -0.145. The fraction of sp³-hybridized carbons (Fsp3) is 0.300.